The highest BCUT2D eigenvalue weighted by atomic mass is 35.5. The molecule has 1 aliphatic rings. The van der Waals surface area contributed by atoms with Crippen LogP contribution in [0.25, 0.3) is 0 Å². The smallest absolute Gasteiger partial charge is 0.243 e. The molecule has 0 radical (unpaired) electrons. The quantitative estimate of drug-likeness (QED) is 0.579. The Morgan fingerprint density at radius 3 is 2.45 bits per heavy atom. The summed E-state index contributed by atoms with van der Waals surface area (Å²) in [5, 5.41) is 3.22. The number of likely N-dealkylation sites (N-methyl/N-ethyl adjacent to an activating group) is 1. The van der Waals surface area contributed by atoms with Crippen molar-refractivity contribution in [3.8, 4) is 0 Å². The van der Waals surface area contributed by atoms with Gasteiger partial charge in [-0.15, -0.1) is 0 Å². The average molecular weight is 446 g/mol. The molecule has 1 saturated heterocycles. The van der Waals surface area contributed by atoms with E-state index in [0.29, 0.717) is 37.4 Å². The zero-order valence-corrected chi connectivity index (χ0v) is 18.3. The van der Waals surface area contributed by atoms with E-state index in [1.165, 1.54) is 21.3 Å². The van der Waals surface area contributed by atoms with Gasteiger partial charge in [-0.3, -0.25) is 9.59 Å². The molecule has 1 aromatic carbocycles. The van der Waals surface area contributed by atoms with Crippen molar-refractivity contribution in [3.05, 3.63) is 29.3 Å². The van der Waals surface area contributed by atoms with Crippen LogP contribution in [0.1, 0.15) is 19.3 Å². The van der Waals surface area contributed by atoms with E-state index in [1.54, 1.807) is 26.3 Å². The number of ether oxygens (including phenoxy) is 1. The van der Waals surface area contributed by atoms with Gasteiger partial charge in [0, 0.05) is 51.3 Å². The molecule has 2 rings (SSSR count). The van der Waals surface area contributed by atoms with Crippen LogP contribution in [0.4, 0.5) is 0 Å². The van der Waals surface area contributed by atoms with E-state index < -0.39 is 10.0 Å². The van der Waals surface area contributed by atoms with E-state index in [2.05, 4.69) is 5.32 Å². The van der Waals surface area contributed by atoms with Gasteiger partial charge in [-0.2, -0.15) is 4.31 Å². The van der Waals surface area contributed by atoms with Crippen molar-refractivity contribution in [2.45, 2.75) is 24.2 Å². The van der Waals surface area contributed by atoms with Gasteiger partial charge in [0.25, 0.3) is 0 Å². The molecule has 0 aromatic heterocycles. The Morgan fingerprint density at radius 1 is 1.24 bits per heavy atom. The third-order valence-corrected chi connectivity index (χ3v) is 7.02. The van der Waals surface area contributed by atoms with E-state index in [4.69, 9.17) is 16.3 Å². The molecule has 1 N–H and O–H groups in total. The molecule has 1 heterocycles. The molecule has 0 saturated carbocycles. The number of amides is 2. The Hall–Kier alpha value is -1.68. The van der Waals surface area contributed by atoms with Crippen molar-refractivity contribution in [1.29, 1.82) is 0 Å². The Labute approximate surface area is 177 Å². The summed E-state index contributed by atoms with van der Waals surface area (Å²) in [7, 11) is -0.418. The predicted octanol–water partition coefficient (Wildman–Crippen LogP) is 1.35. The van der Waals surface area contributed by atoms with Crippen molar-refractivity contribution in [3.63, 3.8) is 0 Å². The fourth-order valence-electron chi connectivity index (χ4n) is 3.20. The van der Waals surface area contributed by atoms with Crippen molar-refractivity contribution in [2.75, 3.05) is 46.9 Å². The zero-order valence-electron chi connectivity index (χ0n) is 16.8. The molecule has 8 nitrogen and oxygen atoms in total. The van der Waals surface area contributed by atoms with Gasteiger partial charge in [0.2, 0.25) is 21.8 Å². The molecule has 1 fully saturated rings. The summed E-state index contributed by atoms with van der Waals surface area (Å²) in [5.74, 6) is -0.654. The van der Waals surface area contributed by atoms with Crippen LogP contribution in [0.3, 0.4) is 0 Å². The van der Waals surface area contributed by atoms with Crippen LogP contribution in [0.5, 0.6) is 0 Å². The number of rotatable bonds is 9. The van der Waals surface area contributed by atoms with E-state index in [1.807, 2.05) is 0 Å². The summed E-state index contributed by atoms with van der Waals surface area (Å²) >= 11 is 5.82. The first kappa shape index (κ1) is 23.6. The maximum Gasteiger partial charge on any atom is 0.243 e. The number of carbonyl (C=O) groups excluding carboxylic acids is 2. The summed E-state index contributed by atoms with van der Waals surface area (Å²) in [4.78, 5) is 26.1. The molecule has 2 amide bonds. The van der Waals surface area contributed by atoms with E-state index in [-0.39, 0.29) is 42.3 Å². The highest BCUT2D eigenvalue weighted by molar-refractivity contribution is 7.89. The Balaban J connectivity index is 1.84. The number of methoxy groups -OCH3 is 1. The summed E-state index contributed by atoms with van der Waals surface area (Å²) in [5.41, 5.74) is 0. The molecule has 162 valence electrons. The lowest BCUT2D eigenvalue weighted by Gasteiger charge is -2.32. The van der Waals surface area contributed by atoms with Gasteiger partial charge < -0.3 is 15.0 Å². The first-order chi connectivity index (χ1) is 13.8. The fraction of sp³-hybridized carbons (Fsp3) is 0.579. The largest absolute Gasteiger partial charge is 0.385 e. The number of nitrogens with zero attached hydrogens (tertiary/aromatic N) is 2. The van der Waals surface area contributed by atoms with Gasteiger partial charge in [0.15, 0.2) is 0 Å². The number of carbonyl (C=O) groups is 2. The molecular formula is C19H28ClN3O5S. The van der Waals surface area contributed by atoms with Gasteiger partial charge in [-0.25, -0.2) is 8.42 Å². The van der Waals surface area contributed by atoms with Gasteiger partial charge in [-0.05, 0) is 43.5 Å². The SMILES string of the molecule is COCCCNC(=O)CN(C)C(=O)C1CCN(S(=O)(=O)c2ccc(Cl)cc2)CC1. The minimum atomic E-state index is -3.61. The van der Waals surface area contributed by atoms with E-state index in [0.717, 1.165) is 0 Å². The molecule has 0 bridgehead atoms. The first-order valence-corrected chi connectivity index (χ1v) is 11.3. The number of sulfonamides is 1. The van der Waals surface area contributed by atoms with Crippen LogP contribution in [0.15, 0.2) is 29.2 Å². The van der Waals surface area contributed by atoms with Crippen LogP contribution in [-0.2, 0) is 24.3 Å². The normalized spacial score (nSPS) is 15.8. The molecule has 0 spiro atoms. The summed E-state index contributed by atoms with van der Waals surface area (Å²) in [6.45, 7) is 1.56. The summed E-state index contributed by atoms with van der Waals surface area (Å²) in [6, 6.07) is 6.04. The monoisotopic (exact) mass is 445 g/mol. The minimum Gasteiger partial charge on any atom is -0.385 e. The second-order valence-corrected chi connectivity index (χ2v) is 9.40. The third-order valence-electron chi connectivity index (χ3n) is 4.86. The standard InChI is InChI=1S/C19H28ClN3O5S/c1-22(14-18(24)21-10-3-13-28-2)19(25)15-8-11-23(12-9-15)29(26,27)17-6-4-16(20)5-7-17/h4-7,15H,3,8-14H2,1-2H3,(H,21,24). The Kier molecular flexibility index (Phi) is 8.88. The number of hydrogen-bond donors (Lipinski definition) is 1. The number of piperidine rings is 1. The molecule has 1 aromatic rings. The fourth-order valence-corrected chi connectivity index (χ4v) is 4.80. The van der Waals surface area contributed by atoms with E-state index >= 15 is 0 Å². The van der Waals surface area contributed by atoms with Gasteiger partial charge in [0.05, 0.1) is 11.4 Å². The van der Waals surface area contributed by atoms with Crippen LogP contribution in [-0.4, -0.2) is 76.4 Å². The van der Waals surface area contributed by atoms with Gasteiger partial charge >= 0.3 is 0 Å². The predicted molar refractivity (Wildman–Crippen MR) is 110 cm³/mol. The van der Waals surface area contributed by atoms with Crippen LogP contribution in [0, 0.1) is 5.92 Å². The third kappa shape index (κ3) is 6.67. The highest BCUT2D eigenvalue weighted by Crippen LogP contribution is 2.25. The lowest BCUT2D eigenvalue weighted by Crippen LogP contribution is -2.45. The second-order valence-electron chi connectivity index (χ2n) is 7.02. The molecule has 0 atom stereocenters. The van der Waals surface area contributed by atoms with Crippen LogP contribution >= 0.6 is 11.6 Å². The molecule has 0 aliphatic carbocycles. The van der Waals surface area contributed by atoms with Gasteiger partial charge in [0.1, 0.15) is 0 Å². The minimum absolute atomic E-state index is 0.0187. The van der Waals surface area contributed by atoms with Crippen LogP contribution in [0.2, 0.25) is 5.02 Å². The number of hydrogen-bond acceptors (Lipinski definition) is 5. The van der Waals surface area contributed by atoms with Gasteiger partial charge in [-0.1, -0.05) is 11.6 Å². The van der Waals surface area contributed by atoms with Crippen molar-refractivity contribution in [2.24, 2.45) is 5.92 Å². The summed E-state index contributed by atoms with van der Waals surface area (Å²) < 4.78 is 31.8. The number of benzene rings is 1. The molecule has 10 heteroatoms. The summed E-state index contributed by atoms with van der Waals surface area (Å²) in [6.07, 6.45) is 1.55. The average Bonchev–Trinajstić information content (AvgIpc) is 2.71. The lowest BCUT2D eigenvalue weighted by molar-refractivity contribution is -0.139. The van der Waals surface area contributed by atoms with E-state index in [9.17, 15) is 18.0 Å². The topological polar surface area (TPSA) is 96.0 Å². The van der Waals surface area contributed by atoms with Crippen molar-refractivity contribution < 1.29 is 22.7 Å². The molecule has 1 aliphatic heterocycles. The van der Waals surface area contributed by atoms with Crippen molar-refractivity contribution >= 4 is 33.4 Å². The molecule has 29 heavy (non-hydrogen) atoms. The van der Waals surface area contributed by atoms with Crippen molar-refractivity contribution in [1.82, 2.24) is 14.5 Å². The maximum absolute atomic E-state index is 12.7. The number of halogens is 1. The molecule has 0 unspecified atom stereocenters. The Bertz CT molecular complexity index is 793. The molecular weight excluding hydrogens is 418 g/mol. The Morgan fingerprint density at radius 2 is 1.86 bits per heavy atom. The highest BCUT2D eigenvalue weighted by Gasteiger charge is 2.33. The maximum atomic E-state index is 12.7. The zero-order chi connectivity index (χ0) is 21.4. The lowest BCUT2D eigenvalue weighted by atomic mass is 9.96. The first-order valence-electron chi connectivity index (χ1n) is 9.52. The van der Waals surface area contributed by atoms with Crippen LogP contribution < -0.4 is 5.32 Å². The second kappa shape index (κ2) is 10.9. The number of nitrogens with one attached hydrogen (secondary N) is 1.